The minimum atomic E-state index is -0.797. The summed E-state index contributed by atoms with van der Waals surface area (Å²) in [6.07, 6.45) is 17.2. The summed E-state index contributed by atoms with van der Waals surface area (Å²) >= 11 is 6.11. The monoisotopic (exact) mass is 362 g/mol. The Balaban J connectivity index is 3.29. The van der Waals surface area contributed by atoms with Crippen molar-refractivity contribution in [3.63, 3.8) is 0 Å². The molecular weight excluding hydrogens is 324 g/mol. The van der Waals surface area contributed by atoms with Crippen LogP contribution in [0.1, 0.15) is 110 Å². The standard InChI is InChI=1S/C20H39ClO3/c1-2-3-4-5-6-7-8-9-10-11-12-13-16-19(22)18(21)15-14-17-20(23)24/h18-19,22H,2-17H2,1H3,(H,23,24). The van der Waals surface area contributed by atoms with Crippen LogP contribution in [0.4, 0.5) is 0 Å². The van der Waals surface area contributed by atoms with E-state index in [1.807, 2.05) is 0 Å². The molecule has 24 heavy (non-hydrogen) atoms. The lowest BCUT2D eigenvalue weighted by atomic mass is 10.0. The zero-order valence-electron chi connectivity index (χ0n) is 15.6. The zero-order valence-corrected chi connectivity index (χ0v) is 16.4. The minimum Gasteiger partial charge on any atom is -0.481 e. The molecule has 0 bridgehead atoms. The van der Waals surface area contributed by atoms with Crippen LogP contribution in [0.5, 0.6) is 0 Å². The molecule has 144 valence electrons. The zero-order chi connectivity index (χ0) is 18.0. The SMILES string of the molecule is CCCCCCCCCCCCCCC(O)C(Cl)CCCC(=O)O. The predicted octanol–water partition coefficient (Wildman–Crippen LogP) is 6.30. The van der Waals surface area contributed by atoms with E-state index in [0.717, 1.165) is 19.3 Å². The van der Waals surface area contributed by atoms with Crippen molar-refractivity contribution in [3.8, 4) is 0 Å². The molecule has 0 rings (SSSR count). The maximum atomic E-state index is 10.4. The van der Waals surface area contributed by atoms with E-state index < -0.39 is 12.1 Å². The Morgan fingerprint density at radius 2 is 1.25 bits per heavy atom. The topological polar surface area (TPSA) is 57.5 Å². The van der Waals surface area contributed by atoms with Gasteiger partial charge in [-0.15, -0.1) is 11.6 Å². The summed E-state index contributed by atoms with van der Waals surface area (Å²) in [5.74, 6) is -0.797. The third-order valence-electron chi connectivity index (χ3n) is 4.64. The summed E-state index contributed by atoms with van der Waals surface area (Å²) in [4.78, 5) is 10.4. The highest BCUT2D eigenvalue weighted by Gasteiger charge is 2.16. The summed E-state index contributed by atoms with van der Waals surface area (Å²) in [5.41, 5.74) is 0. The van der Waals surface area contributed by atoms with E-state index in [-0.39, 0.29) is 11.8 Å². The van der Waals surface area contributed by atoms with E-state index in [2.05, 4.69) is 6.92 Å². The number of alkyl halides is 1. The van der Waals surface area contributed by atoms with Gasteiger partial charge in [-0.3, -0.25) is 4.79 Å². The Kier molecular flexibility index (Phi) is 17.3. The van der Waals surface area contributed by atoms with Gasteiger partial charge in [-0.05, 0) is 19.3 Å². The highest BCUT2D eigenvalue weighted by atomic mass is 35.5. The lowest BCUT2D eigenvalue weighted by Gasteiger charge is -2.16. The molecule has 2 atom stereocenters. The molecule has 0 radical (unpaired) electrons. The van der Waals surface area contributed by atoms with Gasteiger partial charge in [0.05, 0.1) is 11.5 Å². The van der Waals surface area contributed by atoms with Gasteiger partial charge in [0, 0.05) is 6.42 Å². The fourth-order valence-corrected chi connectivity index (χ4v) is 3.30. The second-order valence-electron chi connectivity index (χ2n) is 7.05. The molecule has 0 aromatic rings. The molecule has 2 unspecified atom stereocenters. The molecule has 0 aromatic heterocycles. The smallest absolute Gasteiger partial charge is 0.303 e. The third-order valence-corrected chi connectivity index (χ3v) is 5.15. The molecule has 0 heterocycles. The average molecular weight is 363 g/mol. The average Bonchev–Trinajstić information content (AvgIpc) is 2.55. The van der Waals surface area contributed by atoms with E-state index in [1.165, 1.54) is 64.2 Å². The van der Waals surface area contributed by atoms with Crippen LogP contribution in [0.2, 0.25) is 0 Å². The van der Waals surface area contributed by atoms with Gasteiger partial charge >= 0.3 is 5.97 Å². The summed E-state index contributed by atoms with van der Waals surface area (Å²) < 4.78 is 0. The summed E-state index contributed by atoms with van der Waals surface area (Å²) in [6.45, 7) is 2.26. The van der Waals surface area contributed by atoms with Gasteiger partial charge < -0.3 is 10.2 Å². The lowest BCUT2D eigenvalue weighted by Crippen LogP contribution is -2.20. The maximum absolute atomic E-state index is 10.4. The van der Waals surface area contributed by atoms with Crippen LogP contribution < -0.4 is 0 Å². The van der Waals surface area contributed by atoms with Crippen LogP contribution in [0.15, 0.2) is 0 Å². The van der Waals surface area contributed by atoms with Gasteiger partial charge in [-0.2, -0.15) is 0 Å². The fourth-order valence-electron chi connectivity index (χ4n) is 3.02. The van der Waals surface area contributed by atoms with E-state index in [0.29, 0.717) is 12.8 Å². The van der Waals surface area contributed by atoms with Crippen molar-refractivity contribution in [2.45, 2.75) is 121 Å². The number of hydrogen-bond acceptors (Lipinski definition) is 2. The number of carboxylic acid groups (broad SMARTS) is 1. The number of carbonyl (C=O) groups is 1. The Bertz CT molecular complexity index is 284. The molecule has 3 nitrogen and oxygen atoms in total. The highest BCUT2D eigenvalue weighted by Crippen LogP contribution is 2.18. The molecule has 0 aliphatic carbocycles. The second kappa shape index (κ2) is 17.5. The largest absolute Gasteiger partial charge is 0.481 e. The van der Waals surface area contributed by atoms with Gasteiger partial charge in [-0.25, -0.2) is 0 Å². The second-order valence-corrected chi connectivity index (χ2v) is 7.61. The Morgan fingerprint density at radius 3 is 1.71 bits per heavy atom. The van der Waals surface area contributed by atoms with Crippen LogP contribution in [-0.4, -0.2) is 27.7 Å². The van der Waals surface area contributed by atoms with E-state index in [1.54, 1.807) is 0 Å². The number of hydrogen-bond donors (Lipinski definition) is 2. The van der Waals surface area contributed by atoms with Crippen LogP contribution in [-0.2, 0) is 4.79 Å². The van der Waals surface area contributed by atoms with Crippen LogP contribution in [0.25, 0.3) is 0 Å². The van der Waals surface area contributed by atoms with E-state index in [9.17, 15) is 9.90 Å². The molecule has 0 fully saturated rings. The first-order valence-electron chi connectivity index (χ1n) is 10.1. The van der Waals surface area contributed by atoms with Gasteiger partial charge in [0.15, 0.2) is 0 Å². The van der Waals surface area contributed by atoms with Crippen LogP contribution >= 0.6 is 11.6 Å². The summed E-state index contributed by atoms with van der Waals surface area (Å²) in [6, 6.07) is 0. The number of carboxylic acids is 1. The highest BCUT2D eigenvalue weighted by molar-refractivity contribution is 6.21. The summed E-state index contributed by atoms with van der Waals surface area (Å²) in [7, 11) is 0. The van der Waals surface area contributed by atoms with Crippen molar-refractivity contribution in [3.05, 3.63) is 0 Å². The quantitative estimate of drug-likeness (QED) is 0.222. The van der Waals surface area contributed by atoms with Crippen molar-refractivity contribution in [2.24, 2.45) is 0 Å². The number of aliphatic hydroxyl groups excluding tert-OH is 1. The Labute approximate surface area is 154 Å². The number of aliphatic carboxylic acids is 1. The molecule has 0 aromatic carbocycles. The van der Waals surface area contributed by atoms with Crippen molar-refractivity contribution < 1.29 is 15.0 Å². The fraction of sp³-hybridized carbons (Fsp3) is 0.950. The number of unbranched alkanes of at least 4 members (excludes halogenated alkanes) is 11. The van der Waals surface area contributed by atoms with Crippen molar-refractivity contribution in [2.75, 3.05) is 0 Å². The number of aliphatic hydroxyl groups is 1. The minimum absolute atomic E-state index is 0.133. The van der Waals surface area contributed by atoms with Crippen molar-refractivity contribution in [1.29, 1.82) is 0 Å². The molecule has 4 heteroatoms. The molecule has 0 spiro atoms. The van der Waals surface area contributed by atoms with Gasteiger partial charge in [-0.1, -0.05) is 84.0 Å². The third kappa shape index (κ3) is 16.6. The normalized spacial score (nSPS) is 13.8. The molecule has 0 saturated heterocycles. The molecular formula is C20H39ClO3. The van der Waals surface area contributed by atoms with Gasteiger partial charge in [0.25, 0.3) is 0 Å². The predicted molar refractivity (Wildman–Crippen MR) is 103 cm³/mol. The molecule has 0 amide bonds. The molecule has 0 aliphatic rings. The van der Waals surface area contributed by atoms with Crippen molar-refractivity contribution >= 4 is 17.6 Å². The first kappa shape index (κ1) is 23.7. The van der Waals surface area contributed by atoms with Gasteiger partial charge in [0.2, 0.25) is 0 Å². The number of rotatable bonds is 18. The molecule has 0 saturated carbocycles. The summed E-state index contributed by atoms with van der Waals surface area (Å²) in [5, 5.41) is 18.2. The van der Waals surface area contributed by atoms with Gasteiger partial charge in [0.1, 0.15) is 0 Å². The Morgan fingerprint density at radius 1 is 0.792 bits per heavy atom. The van der Waals surface area contributed by atoms with E-state index >= 15 is 0 Å². The first-order chi connectivity index (χ1) is 11.6. The van der Waals surface area contributed by atoms with E-state index in [4.69, 9.17) is 16.7 Å². The molecule has 2 N–H and O–H groups in total. The maximum Gasteiger partial charge on any atom is 0.303 e. The van der Waals surface area contributed by atoms with Crippen molar-refractivity contribution in [1.82, 2.24) is 0 Å². The Hall–Kier alpha value is -0.280. The lowest BCUT2D eigenvalue weighted by molar-refractivity contribution is -0.137. The van der Waals surface area contributed by atoms with Crippen LogP contribution in [0, 0.1) is 0 Å². The van der Waals surface area contributed by atoms with Crippen LogP contribution in [0.3, 0.4) is 0 Å². The molecule has 0 aliphatic heterocycles. The first-order valence-corrected chi connectivity index (χ1v) is 10.6. The number of halogens is 1.